The number of piperazine rings is 1. The van der Waals surface area contributed by atoms with Crippen LogP contribution in [-0.2, 0) is 6.42 Å². The SMILES string of the molecule is CCCCc1noc([C@@H](C)N2CCN(c3ccc(O)cc3)CC2)n1. The van der Waals surface area contributed by atoms with Crippen molar-refractivity contribution in [3.63, 3.8) is 0 Å². The Labute approximate surface area is 143 Å². The van der Waals surface area contributed by atoms with E-state index in [1.807, 2.05) is 12.1 Å². The van der Waals surface area contributed by atoms with E-state index in [1.54, 1.807) is 12.1 Å². The van der Waals surface area contributed by atoms with Gasteiger partial charge < -0.3 is 14.5 Å². The zero-order valence-corrected chi connectivity index (χ0v) is 14.5. The molecule has 1 N–H and O–H groups in total. The maximum Gasteiger partial charge on any atom is 0.243 e. The number of aromatic hydroxyl groups is 1. The highest BCUT2D eigenvalue weighted by Crippen LogP contribution is 2.24. The van der Waals surface area contributed by atoms with Crippen molar-refractivity contribution in [2.24, 2.45) is 0 Å². The summed E-state index contributed by atoms with van der Waals surface area (Å²) in [7, 11) is 0. The Bertz CT molecular complexity index is 633. The molecule has 1 atom stereocenters. The molecule has 130 valence electrons. The molecule has 1 aromatic heterocycles. The van der Waals surface area contributed by atoms with Gasteiger partial charge in [-0.25, -0.2) is 0 Å². The summed E-state index contributed by atoms with van der Waals surface area (Å²) in [4.78, 5) is 9.27. The molecule has 0 amide bonds. The Hall–Kier alpha value is -2.08. The fourth-order valence-corrected chi connectivity index (χ4v) is 3.06. The van der Waals surface area contributed by atoms with Gasteiger partial charge in [0.05, 0.1) is 6.04 Å². The fourth-order valence-electron chi connectivity index (χ4n) is 3.06. The van der Waals surface area contributed by atoms with Gasteiger partial charge in [0.15, 0.2) is 5.82 Å². The molecule has 1 fully saturated rings. The number of hydrogen-bond donors (Lipinski definition) is 1. The van der Waals surface area contributed by atoms with Crippen molar-refractivity contribution < 1.29 is 9.63 Å². The normalized spacial score (nSPS) is 17.2. The fraction of sp³-hybridized carbons (Fsp3) is 0.556. The zero-order valence-electron chi connectivity index (χ0n) is 14.5. The lowest BCUT2D eigenvalue weighted by Crippen LogP contribution is -2.47. The lowest BCUT2D eigenvalue weighted by Gasteiger charge is -2.38. The summed E-state index contributed by atoms with van der Waals surface area (Å²) in [6, 6.07) is 7.55. The van der Waals surface area contributed by atoms with Crippen molar-refractivity contribution >= 4 is 5.69 Å². The Kier molecular flexibility index (Phi) is 5.35. The predicted molar refractivity (Wildman–Crippen MR) is 93.2 cm³/mol. The molecule has 6 heteroatoms. The first kappa shape index (κ1) is 16.8. The van der Waals surface area contributed by atoms with Crippen LogP contribution >= 0.6 is 0 Å². The molecule has 0 radical (unpaired) electrons. The molecule has 1 aliphatic heterocycles. The van der Waals surface area contributed by atoms with Gasteiger partial charge >= 0.3 is 0 Å². The standard InChI is InChI=1S/C18H26N4O2/c1-3-4-5-17-19-18(24-20-17)14(2)21-10-12-22(13-11-21)15-6-8-16(23)9-7-15/h6-9,14,23H,3-5,10-13H2,1-2H3/t14-/m1/s1. The molecular weight excluding hydrogens is 304 g/mol. The monoisotopic (exact) mass is 330 g/mol. The second kappa shape index (κ2) is 7.66. The summed E-state index contributed by atoms with van der Waals surface area (Å²) < 4.78 is 5.46. The molecule has 6 nitrogen and oxygen atoms in total. The van der Waals surface area contributed by atoms with Gasteiger partial charge in [-0.3, -0.25) is 4.90 Å². The first-order valence-electron chi connectivity index (χ1n) is 8.78. The zero-order chi connectivity index (χ0) is 16.9. The van der Waals surface area contributed by atoms with E-state index in [4.69, 9.17) is 4.52 Å². The van der Waals surface area contributed by atoms with Gasteiger partial charge in [-0.15, -0.1) is 0 Å². The summed E-state index contributed by atoms with van der Waals surface area (Å²) in [5.74, 6) is 1.85. The van der Waals surface area contributed by atoms with Gasteiger partial charge in [0.2, 0.25) is 5.89 Å². The van der Waals surface area contributed by atoms with Crippen LogP contribution in [0.15, 0.2) is 28.8 Å². The van der Waals surface area contributed by atoms with Gasteiger partial charge in [0.25, 0.3) is 0 Å². The van der Waals surface area contributed by atoms with E-state index in [2.05, 4.69) is 33.8 Å². The molecule has 1 aromatic carbocycles. The van der Waals surface area contributed by atoms with Gasteiger partial charge in [0.1, 0.15) is 5.75 Å². The van der Waals surface area contributed by atoms with Gasteiger partial charge in [-0.2, -0.15) is 4.98 Å². The van der Waals surface area contributed by atoms with Crippen LogP contribution in [0.2, 0.25) is 0 Å². The number of rotatable bonds is 6. The lowest BCUT2D eigenvalue weighted by molar-refractivity contribution is 0.164. The minimum Gasteiger partial charge on any atom is -0.508 e. The molecule has 0 bridgehead atoms. The van der Waals surface area contributed by atoms with Crippen LogP contribution in [0.5, 0.6) is 5.75 Å². The first-order valence-corrected chi connectivity index (χ1v) is 8.78. The minimum atomic E-state index is 0.148. The number of hydrogen-bond acceptors (Lipinski definition) is 6. The third kappa shape index (κ3) is 3.87. The summed E-state index contributed by atoms with van der Waals surface area (Å²) in [5, 5.41) is 13.5. The van der Waals surface area contributed by atoms with E-state index in [-0.39, 0.29) is 6.04 Å². The molecule has 24 heavy (non-hydrogen) atoms. The first-order chi connectivity index (χ1) is 11.7. The summed E-state index contributed by atoms with van der Waals surface area (Å²) in [5.41, 5.74) is 1.15. The van der Waals surface area contributed by atoms with Crippen LogP contribution in [0, 0.1) is 0 Å². The Balaban J connectivity index is 1.55. The number of phenols is 1. The Morgan fingerprint density at radius 1 is 1.17 bits per heavy atom. The third-order valence-corrected chi connectivity index (χ3v) is 4.67. The number of phenolic OH excluding ortho intramolecular Hbond substituents is 1. The van der Waals surface area contributed by atoms with Crippen molar-refractivity contribution in [1.82, 2.24) is 15.0 Å². The Morgan fingerprint density at radius 3 is 2.54 bits per heavy atom. The van der Waals surface area contributed by atoms with Crippen molar-refractivity contribution in [2.45, 2.75) is 39.2 Å². The largest absolute Gasteiger partial charge is 0.508 e. The quantitative estimate of drug-likeness (QED) is 0.878. The number of unbranched alkanes of at least 4 members (excludes halogenated alkanes) is 1. The van der Waals surface area contributed by atoms with Gasteiger partial charge in [0, 0.05) is 38.3 Å². The van der Waals surface area contributed by atoms with E-state index in [1.165, 1.54) is 0 Å². The second-order valence-corrected chi connectivity index (χ2v) is 6.37. The smallest absolute Gasteiger partial charge is 0.243 e. The summed E-state index contributed by atoms with van der Waals surface area (Å²) in [6.07, 6.45) is 3.12. The predicted octanol–water partition coefficient (Wildman–Crippen LogP) is 3.00. The van der Waals surface area contributed by atoms with Crippen LogP contribution in [-0.4, -0.2) is 46.3 Å². The highest BCUT2D eigenvalue weighted by molar-refractivity contribution is 5.49. The number of anilines is 1. The molecular formula is C18H26N4O2. The van der Waals surface area contributed by atoms with Crippen molar-refractivity contribution in [2.75, 3.05) is 31.1 Å². The Morgan fingerprint density at radius 2 is 1.88 bits per heavy atom. The van der Waals surface area contributed by atoms with E-state index in [0.29, 0.717) is 5.75 Å². The van der Waals surface area contributed by atoms with E-state index in [0.717, 1.165) is 62.8 Å². The molecule has 0 saturated carbocycles. The summed E-state index contributed by atoms with van der Waals surface area (Å²) >= 11 is 0. The average molecular weight is 330 g/mol. The molecule has 0 unspecified atom stereocenters. The van der Waals surface area contributed by atoms with Gasteiger partial charge in [-0.1, -0.05) is 18.5 Å². The van der Waals surface area contributed by atoms with E-state index in [9.17, 15) is 5.11 Å². The third-order valence-electron chi connectivity index (χ3n) is 4.67. The number of aromatic nitrogens is 2. The molecule has 1 aliphatic rings. The van der Waals surface area contributed by atoms with Crippen LogP contribution < -0.4 is 4.90 Å². The average Bonchev–Trinajstić information content (AvgIpc) is 3.09. The van der Waals surface area contributed by atoms with Crippen molar-refractivity contribution in [3.8, 4) is 5.75 Å². The second-order valence-electron chi connectivity index (χ2n) is 6.37. The maximum absolute atomic E-state index is 9.40. The molecule has 2 heterocycles. The molecule has 0 spiro atoms. The molecule has 2 aromatic rings. The molecule has 3 rings (SSSR count). The van der Waals surface area contributed by atoms with Gasteiger partial charge in [-0.05, 0) is 37.6 Å². The van der Waals surface area contributed by atoms with Crippen LogP contribution in [0.1, 0.15) is 44.4 Å². The van der Waals surface area contributed by atoms with Crippen LogP contribution in [0.3, 0.4) is 0 Å². The number of nitrogens with zero attached hydrogens (tertiary/aromatic N) is 4. The topological polar surface area (TPSA) is 65.6 Å². The molecule has 1 saturated heterocycles. The van der Waals surface area contributed by atoms with Crippen LogP contribution in [0.4, 0.5) is 5.69 Å². The maximum atomic E-state index is 9.40. The van der Waals surface area contributed by atoms with E-state index < -0.39 is 0 Å². The van der Waals surface area contributed by atoms with E-state index >= 15 is 0 Å². The summed E-state index contributed by atoms with van der Waals surface area (Å²) in [6.45, 7) is 8.10. The highest BCUT2D eigenvalue weighted by atomic mass is 16.5. The van der Waals surface area contributed by atoms with Crippen molar-refractivity contribution in [1.29, 1.82) is 0 Å². The minimum absolute atomic E-state index is 0.148. The number of aryl methyl sites for hydroxylation is 1. The number of benzene rings is 1. The lowest BCUT2D eigenvalue weighted by atomic mass is 10.2. The van der Waals surface area contributed by atoms with Crippen molar-refractivity contribution in [3.05, 3.63) is 36.0 Å². The van der Waals surface area contributed by atoms with Crippen LogP contribution in [0.25, 0.3) is 0 Å². The highest BCUT2D eigenvalue weighted by Gasteiger charge is 2.25. The molecule has 0 aliphatic carbocycles.